The molecule has 2 atom stereocenters. The molecule has 5 rings (SSSR count). The molecule has 0 saturated carbocycles. The van der Waals surface area contributed by atoms with Crippen LogP contribution in [0.5, 0.6) is 5.75 Å². The van der Waals surface area contributed by atoms with Gasteiger partial charge < -0.3 is 20.3 Å². The Balaban J connectivity index is 1.43. The van der Waals surface area contributed by atoms with Gasteiger partial charge in [0.2, 0.25) is 0 Å². The van der Waals surface area contributed by atoms with Crippen molar-refractivity contribution in [2.75, 3.05) is 44.4 Å². The first-order valence-corrected chi connectivity index (χ1v) is 13.9. The Morgan fingerprint density at radius 1 is 1.24 bits per heavy atom. The summed E-state index contributed by atoms with van der Waals surface area (Å²) < 4.78 is 64.7. The van der Waals surface area contributed by atoms with Gasteiger partial charge in [0.1, 0.15) is 11.9 Å². The van der Waals surface area contributed by atoms with Gasteiger partial charge in [-0.1, -0.05) is 30.0 Å². The fraction of sp³-hybridized carbons (Fsp3) is 0.407. The minimum absolute atomic E-state index is 0.159. The van der Waals surface area contributed by atoms with Crippen molar-refractivity contribution in [2.45, 2.75) is 42.7 Å². The summed E-state index contributed by atoms with van der Waals surface area (Å²) in [7, 11) is 3.47. The van der Waals surface area contributed by atoms with E-state index in [1.807, 2.05) is 24.1 Å². The summed E-state index contributed by atoms with van der Waals surface area (Å²) in [5.41, 5.74) is 2.76. The predicted molar refractivity (Wildman–Crippen MR) is 147 cm³/mol. The van der Waals surface area contributed by atoms with Gasteiger partial charge in [0.25, 0.3) is 0 Å². The van der Waals surface area contributed by atoms with E-state index in [9.17, 15) is 17.6 Å². The monoisotopic (exact) mass is 564 g/mol. The number of nitrogens with one attached hydrogen (secondary N) is 3. The molecule has 1 fully saturated rings. The molecule has 3 aromatic rings. The Kier molecular flexibility index (Phi) is 7.95. The third kappa shape index (κ3) is 5.83. The van der Waals surface area contributed by atoms with Gasteiger partial charge in [-0.25, -0.2) is 4.39 Å². The van der Waals surface area contributed by atoms with Crippen molar-refractivity contribution < 1.29 is 22.3 Å². The quantitative estimate of drug-likeness (QED) is 0.193. The first-order valence-electron chi connectivity index (χ1n) is 12.3. The number of hydrogen-bond acceptors (Lipinski definition) is 7. The SMILES string of the molecule is COc1ccc2c(c1NCC#Cc1sc3c(NC4CCN(C)CC4F)cccc3c1CC(F)(F)F)SNC2. The largest absolute Gasteiger partial charge is 0.495 e. The second kappa shape index (κ2) is 11.2. The van der Waals surface area contributed by atoms with Crippen LogP contribution in [-0.4, -0.2) is 57.1 Å². The molecule has 1 saturated heterocycles. The summed E-state index contributed by atoms with van der Waals surface area (Å²) in [5.74, 6) is 6.66. The Morgan fingerprint density at radius 2 is 2.08 bits per heavy atom. The fourth-order valence-corrected chi connectivity index (χ4v) is 6.91. The van der Waals surface area contributed by atoms with Crippen molar-refractivity contribution in [1.82, 2.24) is 9.62 Å². The molecule has 202 valence electrons. The average Bonchev–Trinajstić information content (AvgIpc) is 3.48. The van der Waals surface area contributed by atoms with Gasteiger partial charge in [0.15, 0.2) is 0 Å². The van der Waals surface area contributed by atoms with Crippen LogP contribution in [0.4, 0.5) is 28.9 Å². The average molecular weight is 565 g/mol. The van der Waals surface area contributed by atoms with Crippen LogP contribution in [0.15, 0.2) is 35.2 Å². The lowest BCUT2D eigenvalue weighted by molar-refractivity contribution is -0.126. The number of halogens is 4. The molecule has 2 aliphatic heterocycles. The molecule has 2 aromatic carbocycles. The van der Waals surface area contributed by atoms with E-state index in [-0.39, 0.29) is 12.1 Å². The number of benzene rings is 2. The zero-order chi connectivity index (χ0) is 26.9. The van der Waals surface area contributed by atoms with Crippen LogP contribution < -0.4 is 20.1 Å². The van der Waals surface area contributed by atoms with Crippen LogP contribution in [0, 0.1) is 11.8 Å². The number of ether oxygens (including phenoxy) is 1. The third-order valence-corrected chi connectivity index (χ3v) is 8.85. The molecule has 5 nitrogen and oxygen atoms in total. The van der Waals surface area contributed by atoms with Crippen LogP contribution in [0.3, 0.4) is 0 Å². The highest BCUT2D eigenvalue weighted by Gasteiger charge is 2.32. The Hall–Kier alpha value is -2.65. The maximum absolute atomic E-state index is 14.7. The summed E-state index contributed by atoms with van der Waals surface area (Å²) in [4.78, 5) is 3.34. The smallest absolute Gasteiger partial charge is 0.393 e. The lowest BCUT2D eigenvalue weighted by Crippen LogP contribution is -2.46. The number of rotatable bonds is 6. The van der Waals surface area contributed by atoms with Gasteiger partial charge in [-0.05, 0) is 54.1 Å². The van der Waals surface area contributed by atoms with Crippen molar-refractivity contribution in [3.8, 4) is 17.6 Å². The summed E-state index contributed by atoms with van der Waals surface area (Å²) in [6.07, 6.45) is -5.90. The molecule has 2 aliphatic rings. The number of fused-ring (bicyclic) bond motifs is 2. The molecule has 0 radical (unpaired) electrons. The predicted octanol–water partition coefficient (Wildman–Crippen LogP) is 6.04. The Morgan fingerprint density at radius 3 is 2.84 bits per heavy atom. The summed E-state index contributed by atoms with van der Waals surface area (Å²) in [6.45, 7) is 2.05. The zero-order valence-corrected chi connectivity index (χ0v) is 22.6. The maximum atomic E-state index is 14.7. The zero-order valence-electron chi connectivity index (χ0n) is 21.0. The molecule has 1 aromatic heterocycles. The van der Waals surface area contributed by atoms with Gasteiger partial charge in [-0.3, -0.25) is 4.72 Å². The highest BCUT2D eigenvalue weighted by molar-refractivity contribution is 7.97. The van der Waals surface area contributed by atoms with Gasteiger partial charge >= 0.3 is 6.18 Å². The number of hydrogen-bond donors (Lipinski definition) is 3. The van der Waals surface area contributed by atoms with Crippen LogP contribution in [0.2, 0.25) is 0 Å². The molecular weight excluding hydrogens is 536 g/mol. The third-order valence-electron chi connectivity index (χ3n) is 6.69. The van der Waals surface area contributed by atoms with Gasteiger partial charge in [0.05, 0.1) is 52.0 Å². The van der Waals surface area contributed by atoms with Crippen molar-refractivity contribution in [2.24, 2.45) is 0 Å². The maximum Gasteiger partial charge on any atom is 0.393 e. The number of alkyl halides is 4. The molecule has 0 spiro atoms. The topological polar surface area (TPSA) is 48.6 Å². The van der Waals surface area contributed by atoms with Crippen molar-refractivity contribution in [1.29, 1.82) is 0 Å². The first kappa shape index (κ1) is 26.9. The molecule has 0 bridgehead atoms. The number of piperidine rings is 1. The lowest BCUT2D eigenvalue weighted by Gasteiger charge is -2.33. The van der Waals surface area contributed by atoms with Crippen molar-refractivity contribution in [3.05, 3.63) is 46.3 Å². The van der Waals surface area contributed by atoms with Gasteiger partial charge in [-0.2, -0.15) is 13.2 Å². The van der Waals surface area contributed by atoms with E-state index in [2.05, 4.69) is 27.2 Å². The number of likely N-dealkylation sites (tertiary alicyclic amines) is 1. The van der Waals surface area contributed by atoms with Gasteiger partial charge in [0, 0.05) is 19.6 Å². The van der Waals surface area contributed by atoms with Gasteiger partial charge in [-0.15, -0.1) is 11.3 Å². The second-order valence-corrected chi connectivity index (χ2v) is 11.3. The lowest BCUT2D eigenvalue weighted by atomic mass is 10.0. The molecule has 3 N–H and O–H groups in total. The first-order chi connectivity index (χ1) is 18.2. The second-order valence-electron chi connectivity index (χ2n) is 9.41. The molecule has 0 aliphatic carbocycles. The van der Waals surface area contributed by atoms with Crippen molar-refractivity contribution >= 4 is 44.7 Å². The van der Waals surface area contributed by atoms with Crippen LogP contribution in [-0.2, 0) is 13.0 Å². The van der Waals surface area contributed by atoms with E-state index < -0.39 is 24.8 Å². The molecule has 38 heavy (non-hydrogen) atoms. The van der Waals surface area contributed by atoms with E-state index in [4.69, 9.17) is 4.74 Å². The molecule has 3 heterocycles. The summed E-state index contributed by atoms with van der Waals surface area (Å²) >= 11 is 2.73. The van der Waals surface area contributed by atoms with Crippen molar-refractivity contribution in [3.63, 3.8) is 0 Å². The normalized spacial score (nSPS) is 19.6. The van der Waals surface area contributed by atoms with Crippen LogP contribution in [0.25, 0.3) is 10.1 Å². The standard InChI is InChI=1S/C27H28F4N4OS2/c1-35-12-10-20(19(28)15-35)34-21-6-3-5-17-18(13-27(29,30)31)23(37-26(17)21)7-4-11-32-24-22(36-2)9-8-16-14-33-38-25(16)24/h3,5-6,8-9,19-20,32-34H,10-15H2,1-2H3. The van der Waals surface area contributed by atoms with E-state index >= 15 is 0 Å². The Bertz CT molecular complexity index is 1380. The molecular formula is C27H28F4N4OS2. The summed E-state index contributed by atoms with van der Waals surface area (Å²) in [6, 6.07) is 8.70. The molecule has 0 amide bonds. The fourth-order valence-electron chi connectivity index (χ4n) is 4.82. The number of nitrogens with zero attached hydrogens (tertiary/aromatic N) is 1. The number of thiophene rings is 1. The highest BCUT2D eigenvalue weighted by Crippen LogP contribution is 2.41. The molecule has 11 heteroatoms. The van der Waals surface area contributed by atoms with Crippen LogP contribution in [0.1, 0.15) is 22.4 Å². The minimum Gasteiger partial charge on any atom is -0.495 e. The van der Waals surface area contributed by atoms with E-state index in [0.717, 1.165) is 29.2 Å². The van der Waals surface area contributed by atoms with E-state index in [0.29, 0.717) is 39.4 Å². The number of anilines is 2. The Labute approximate surface area is 227 Å². The highest BCUT2D eigenvalue weighted by atomic mass is 32.2. The minimum atomic E-state index is -4.38. The van der Waals surface area contributed by atoms with Crippen LogP contribution >= 0.6 is 23.3 Å². The van der Waals surface area contributed by atoms with E-state index in [1.54, 1.807) is 25.3 Å². The molecule has 2 unspecified atom stereocenters. The van der Waals surface area contributed by atoms with E-state index in [1.165, 1.54) is 23.3 Å². The number of methoxy groups -OCH3 is 1. The summed E-state index contributed by atoms with van der Waals surface area (Å²) in [5, 5.41) is 7.05.